The number of nitrogens with one attached hydrogen (secondary N) is 2. The average molecular weight is 337 g/mol. The molecule has 0 saturated heterocycles. The van der Waals surface area contributed by atoms with E-state index < -0.39 is 0 Å². The van der Waals surface area contributed by atoms with Crippen molar-refractivity contribution >= 4 is 27.7 Å². The molecule has 0 bridgehead atoms. The minimum Gasteiger partial charge on any atom is -0.394 e. The van der Waals surface area contributed by atoms with E-state index in [1.54, 1.807) is 13.2 Å². The van der Waals surface area contributed by atoms with Crippen molar-refractivity contribution in [3.8, 4) is 0 Å². The zero-order valence-corrected chi connectivity index (χ0v) is 12.8. The van der Waals surface area contributed by atoms with Crippen LogP contribution in [0.3, 0.4) is 0 Å². The first kappa shape index (κ1) is 14.7. The van der Waals surface area contributed by atoms with Gasteiger partial charge in [-0.3, -0.25) is 0 Å². The highest BCUT2D eigenvalue weighted by atomic mass is 79.9. The van der Waals surface area contributed by atoms with Gasteiger partial charge in [-0.05, 0) is 27.9 Å². The molecule has 2 aromatic rings. The van der Waals surface area contributed by atoms with Gasteiger partial charge in [0, 0.05) is 13.2 Å². The minimum atomic E-state index is -0.103. The molecule has 0 aliphatic heterocycles. The molecule has 6 heteroatoms. The fraction of sp³-hybridized carbons (Fsp3) is 0.286. The molecule has 5 nitrogen and oxygen atoms in total. The van der Waals surface area contributed by atoms with Crippen molar-refractivity contribution < 1.29 is 5.11 Å². The lowest BCUT2D eigenvalue weighted by Crippen LogP contribution is -2.27. The summed E-state index contributed by atoms with van der Waals surface area (Å²) in [5.74, 6) is 1.20. The topological polar surface area (TPSA) is 70.1 Å². The predicted octanol–water partition coefficient (Wildman–Crippen LogP) is 2.30. The van der Waals surface area contributed by atoms with Crippen LogP contribution >= 0.6 is 15.9 Å². The van der Waals surface area contributed by atoms with Crippen LogP contribution in [0.4, 0.5) is 11.8 Å². The van der Waals surface area contributed by atoms with Crippen molar-refractivity contribution in [2.45, 2.75) is 12.5 Å². The fourth-order valence-corrected chi connectivity index (χ4v) is 2.15. The zero-order chi connectivity index (χ0) is 14.4. The summed E-state index contributed by atoms with van der Waals surface area (Å²) in [7, 11) is 1.76. The van der Waals surface area contributed by atoms with Crippen molar-refractivity contribution in [2.24, 2.45) is 0 Å². The summed E-state index contributed by atoms with van der Waals surface area (Å²) < 4.78 is 0.767. The van der Waals surface area contributed by atoms with Gasteiger partial charge in [0.25, 0.3) is 0 Å². The molecule has 1 aromatic heterocycles. The van der Waals surface area contributed by atoms with Crippen molar-refractivity contribution in [1.29, 1.82) is 0 Å². The van der Waals surface area contributed by atoms with E-state index >= 15 is 0 Å². The van der Waals surface area contributed by atoms with Gasteiger partial charge in [-0.15, -0.1) is 0 Å². The van der Waals surface area contributed by atoms with Gasteiger partial charge in [0.2, 0.25) is 5.95 Å². The molecule has 0 radical (unpaired) electrons. The van der Waals surface area contributed by atoms with Crippen molar-refractivity contribution in [3.63, 3.8) is 0 Å². The van der Waals surface area contributed by atoms with Crippen LogP contribution in [0, 0.1) is 0 Å². The third-order valence-corrected chi connectivity index (χ3v) is 3.43. The summed E-state index contributed by atoms with van der Waals surface area (Å²) in [5, 5.41) is 15.7. The lowest BCUT2D eigenvalue weighted by Gasteiger charge is -2.18. The number of hydrogen-bond acceptors (Lipinski definition) is 5. The smallest absolute Gasteiger partial charge is 0.224 e. The summed E-state index contributed by atoms with van der Waals surface area (Å²) in [4.78, 5) is 8.43. The minimum absolute atomic E-state index is 0.0280. The Morgan fingerprint density at radius 1 is 1.30 bits per heavy atom. The van der Waals surface area contributed by atoms with Gasteiger partial charge in [0.15, 0.2) is 0 Å². The Kier molecular flexibility index (Phi) is 5.31. The second-order valence-corrected chi connectivity index (χ2v) is 5.21. The highest BCUT2D eigenvalue weighted by molar-refractivity contribution is 9.10. The lowest BCUT2D eigenvalue weighted by molar-refractivity contribution is 0.273. The molecule has 20 heavy (non-hydrogen) atoms. The highest BCUT2D eigenvalue weighted by Crippen LogP contribution is 2.21. The van der Waals surface area contributed by atoms with Crippen LogP contribution in [-0.4, -0.2) is 34.8 Å². The van der Waals surface area contributed by atoms with Gasteiger partial charge in [0.1, 0.15) is 5.82 Å². The van der Waals surface area contributed by atoms with E-state index in [9.17, 15) is 5.11 Å². The summed E-state index contributed by atoms with van der Waals surface area (Å²) >= 11 is 3.41. The fourth-order valence-electron chi connectivity index (χ4n) is 1.84. The number of anilines is 2. The summed E-state index contributed by atoms with van der Waals surface area (Å²) in [6, 6.07) is 9.93. The molecule has 1 aromatic carbocycles. The van der Waals surface area contributed by atoms with E-state index in [-0.39, 0.29) is 12.6 Å². The molecule has 1 unspecified atom stereocenters. The second-order valence-electron chi connectivity index (χ2n) is 4.35. The van der Waals surface area contributed by atoms with Crippen LogP contribution in [0.25, 0.3) is 0 Å². The normalized spacial score (nSPS) is 11.9. The molecule has 1 heterocycles. The molecule has 2 rings (SSSR count). The van der Waals surface area contributed by atoms with E-state index in [0.29, 0.717) is 11.8 Å². The quantitative estimate of drug-likeness (QED) is 0.755. The van der Waals surface area contributed by atoms with Crippen LogP contribution in [0.2, 0.25) is 0 Å². The molecular weight excluding hydrogens is 320 g/mol. The number of nitrogens with zero attached hydrogens (tertiary/aromatic N) is 2. The predicted molar refractivity (Wildman–Crippen MR) is 83.9 cm³/mol. The largest absolute Gasteiger partial charge is 0.394 e. The van der Waals surface area contributed by atoms with Gasteiger partial charge >= 0.3 is 0 Å². The summed E-state index contributed by atoms with van der Waals surface area (Å²) in [5.41, 5.74) is 1.16. The van der Waals surface area contributed by atoms with Crippen LogP contribution < -0.4 is 10.6 Å². The maximum atomic E-state index is 9.53. The third kappa shape index (κ3) is 3.91. The average Bonchev–Trinajstić information content (AvgIpc) is 2.49. The van der Waals surface area contributed by atoms with E-state index in [2.05, 4.69) is 36.5 Å². The Hall–Kier alpha value is -1.66. The maximum Gasteiger partial charge on any atom is 0.224 e. The highest BCUT2D eigenvalue weighted by Gasteiger charge is 2.12. The molecule has 0 fully saturated rings. The Labute approximate surface area is 126 Å². The molecular formula is C14H17BrN4O. The standard InChI is InChI=1S/C14H17BrN4O/c1-16-14-17-8-12(15)13(19-14)18-11(9-20)7-10-5-3-2-4-6-10/h2-6,8,11,20H,7,9H2,1H3,(H2,16,17,18,19). The molecule has 1 atom stereocenters. The molecule has 0 aliphatic carbocycles. The SMILES string of the molecule is CNc1ncc(Br)c(NC(CO)Cc2ccccc2)n1. The Balaban J connectivity index is 2.10. The van der Waals surface area contributed by atoms with Gasteiger partial charge < -0.3 is 15.7 Å². The molecule has 0 spiro atoms. The van der Waals surface area contributed by atoms with E-state index in [1.165, 1.54) is 0 Å². The Morgan fingerprint density at radius 2 is 2.05 bits per heavy atom. The van der Waals surface area contributed by atoms with Gasteiger partial charge in [-0.1, -0.05) is 30.3 Å². The van der Waals surface area contributed by atoms with E-state index in [1.807, 2.05) is 30.3 Å². The first-order chi connectivity index (χ1) is 9.72. The van der Waals surface area contributed by atoms with E-state index in [0.717, 1.165) is 16.5 Å². The number of aromatic nitrogens is 2. The number of halogens is 1. The number of rotatable bonds is 6. The van der Waals surface area contributed by atoms with Crippen LogP contribution in [-0.2, 0) is 6.42 Å². The molecule has 0 aliphatic rings. The third-order valence-electron chi connectivity index (χ3n) is 2.85. The maximum absolute atomic E-state index is 9.53. The first-order valence-electron chi connectivity index (χ1n) is 6.34. The number of aliphatic hydroxyl groups excluding tert-OH is 1. The number of aliphatic hydroxyl groups is 1. The van der Waals surface area contributed by atoms with Gasteiger partial charge in [-0.25, -0.2) is 4.98 Å². The molecule has 3 N–H and O–H groups in total. The first-order valence-corrected chi connectivity index (χ1v) is 7.14. The Bertz CT molecular complexity index is 550. The van der Waals surface area contributed by atoms with Crippen molar-refractivity contribution in [1.82, 2.24) is 9.97 Å². The Morgan fingerprint density at radius 3 is 2.70 bits per heavy atom. The molecule has 0 saturated carbocycles. The number of hydrogen-bond donors (Lipinski definition) is 3. The van der Waals surface area contributed by atoms with E-state index in [4.69, 9.17) is 0 Å². The van der Waals surface area contributed by atoms with Gasteiger partial charge in [-0.2, -0.15) is 4.98 Å². The summed E-state index contributed by atoms with van der Waals surface area (Å²) in [6.45, 7) is 0.0280. The summed E-state index contributed by atoms with van der Waals surface area (Å²) in [6.07, 6.45) is 2.40. The monoisotopic (exact) mass is 336 g/mol. The van der Waals surface area contributed by atoms with Crippen LogP contribution in [0.5, 0.6) is 0 Å². The van der Waals surface area contributed by atoms with Crippen molar-refractivity contribution in [2.75, 3.05) is 24.3 Å². The van der Waals surface area contributed by atoms with Crippen molar-refractivity contribution in [3.05, 3.63) is 46.6 Å². The molecule has 106 valence electrons. The van der Waals surface area contributed by atoms with Gasteiger partial charge in [0.05, 0.1) is 17.1 Å². The van der Waals surface area contributed by atoms with Crippen LogP contribution in [0.15, 0.2) is 41.0 Å². The lowest BCUT2D eigenvalue weighted by atomic mass is 10.1. The second kappa shape index (κ2) is 7.21. The number of benzene rings is 1. The molecule has 0 amide bonds. The van der Waals surface area contributed by atoms with Crippen LogP contribution in [0.1, 0.15) is 5.56 Å². The zero-order valence-electron chi connectivity index (χ0n) is 11.2.